The summed E-state index contributed by atoms with van der Waals surface area (Å²) in [7, 11) is -3.83. The lowest BCUT2D eigenvalue weighted by Gasteiger charge is -2.06. The highest BCUT2D eigenvalue weighted by Crippen LogP contribution is 2.19. The molecule has 1 heterocycles. The quantitative estimate of drug-likeness (QED) is 0.869. The molecule has 0 aliphatic carbocycles. The Morgan fingerprint density at radius 1 is 1.45 bits per heavy atom. The third-order valence-electron chi connectivity index (χ3n) is 2.29. The van der Waals surface area contributed by atoms with Crippen molar-refractivity contribution >= 4 is 33.3 Å². The van der Waals surface area contributed by atoms with Crippen LogP contribution in [0.1, 0.15) is 0 Å². The summed E-state index contributed by atoms with van der Waals surface area (Å²) in [6.07, 6.45) is 2.22. The molecule has 7 nitrogen and oxygen atoms in total. The normalized spacial score (nSPS) is 11.2. The van der Waals surface area contributed by atoms with Gasteiger partial charge in [-0.05, 0) is 18.2 Å². The molecule has 0 saturated carbocycles. The van der Waals surface area contributed by atoms with Gasteiger partial charge in [0.15, 0.2) is 0 Å². The molecule has 2 aromatic rings. The highest BCUT2D eigenvalue weighted by molar-refractivity contribution is 7.92. The van der Waals surface area contributed by atoms with Crippen LogP contribution in [0, 0.1) is 0 Å². The summed E-state index contributed by atoms with van der Waals surface area (Å²) in [5.41, 5.74) is 0.309. The van der Waals surface area contributed by atoms with Crippen molar-refractivity contribution in [2.75, 3.05) is 4.72 Å². The number of hydrogen-bond acceptors (Lipinski definition) is 4. The van der Waals surface area contributed by atoms with Crippen LogP contribution in [0.4, 0.5) is 5.69 Å². The summed E-state index contributed by atoms with van der Waals surface area (Å²) in [6, 6.07) is 6.23. The predicted molar refractivity (Wildman–Crippen MR) is 72.1 cm³/mol. The molecular formula is C11H10ClN3O4S. The Morgan fingerprint density at radius 2 is 2.20 bits per heavy atom. The average molecular weight is 316 g/mol. The molecule has 0 amide bonds. The van der Waals surface area contributed by atoms with Crippen LogP contribution < -0.4 is 4.72 Å². The van der Waals surface area contributed by atoms with Crippen molar-refractivity contribution in [3.63, 3.8) is 0 Å². The number of aliphatic carboxylic acids is 1. The maximum atomic E-state index is 12.1. The van der Waals surface area contributed by atoms with Crippen LogP contribution in [0.25, 0.3) is 0 Å². The van der Waals surface area contributed by atoms with Gasteiger partial charge in [0.1, 0.15) is 11.4 Å². The van der Waals surface area contributed by atoms with E-state index in [2.05, 4.69) is 9.82 Å². The third kappa shape index (κ3) is 3.49. The minimum atomic E-state index is -3.83. The smallest absolute Gasteiger partial charge is 0.325 e. The highest BCUT2D eigenvalue weighted by atomic mass is 35.5. The molecule has 0 bridgehead atoms. The fourth-order valence-corrected chi connectivity index (χ4v) is 2.67. The van der Waals surface area contributed by atoms with Gasteiger partial charge in [0, 0.05) is 11.2 Å². The Kier molecular flexibility index (Phi) is 3.96. The number of nitrogens with zero attached hydrogens (tertiary/aromatic N) is 2. The fourth-order valence-electron chi connectivity index (χ4n) is 1.47. The topological polar surface area (TPSA) is 101 Å². The van der Waals surface area contributed by atoms with E-state index < -0.39 is 22.5 Å². The minimum absolute atomic E-state index is 0.126. The number of halogens is 1. The fraction of sp³-hybridized carbons (Fsp3) is 0.0909. The Morgan fingerprint density at radius 3 is 2.85 bits per heavy atom. The van der Waals surface area contributed by atoms with E-state index in [1.54, 1.807) is 18.2 Å². The zero-order valence-corrected chi connectivity index (χ0v) is 11.6. The minimum Gasteiger partial charge on any atom is -0.480 e. The van der Waals surface area contributed by atoms with Crippen molar-refractivity contribution in [2.45, 2.75) is 11.4 Å². The van der Waals surface area contributed by atoms with Crippen molar-refractivity contribution in [3.8, 4) is 0 Å². The van der Waals surface area contributed by atoms with Gasteiger partial charge in [0.2, 0.25) is 0 Å². The van der Waals surface area contributed by atoms with Crippen LogP contribution in [0.3, 0.4) is 0 Å². The van der Waals surface area contributed by atoms with Gasteiger partial charge in [-0.2, -0.15) is 5.10 Å². The molecule has 106 valence electrons. The average Bonchev–Trinajstić information content (AvgIpc) is 2.76. The lowest BCUT2D eigenvalue weighted by Crippen LogP contribution is -2.13. The van der Waals surface area contributed by atoms with E-state index in [9.17, 15) is 13.2 Å². The molecule has 0 unspecified atom stereocenters. The van der Waals surface area contributed by atoms with E-state index in [4.69, 9.17) is 16.7 Å². The SMILES string of the molecule is O=C(O)Cn1cc(S(=O)(=O)Nc2cccc(Cl)c2)cn1. The summed E-state index contributed by atoms with van der Waals surface area (Å²) >= 11 is 5.76. The van der Waals surface area contributed by atoms with Crippen LogP contribution in [0.15, 0.2) is 41.6 Å². The van der Waals surface area contributed by atoms with Gasteiger partial charge in [-0.25, -0.2) is 8.42 Å². The molecule has 0 aliphatic heterocycles. The molecule has 0 aliphatic rings. The number of aromatic nitrogens is 2. The van der Waals surface area contributed by atoms with Crippen LogP contribution in [0.2, 0.25) is 5.02 Å². The van der Waals surface area contributed by atoms with Crippen LogP contribution in [0.5, 0.6) is 0 Å². The van der Waals surface area contributed by atoms with Gasteiger partial charge in [-0.1, -0.05) is 17.7 Å². The summed E-state index contributed by atoms with van der Waals surface area (Å²) in [4.78, 5) is 10.4. The van der Waals surface area contributed by atoms with Crippen molar-refractivity contribution in [2.24, 2.45) is 0 Å². The van der Waals surface area contributed by atoms with E-state index >= 15 is 0 Å². The van der Waals surface area contributed by atoms with Gasteiger partial charge in [-0.15, -0.1) is 0 Å². The maximum absolute atomic E-state index is 12.1. The van der Waals surface area contributed by atoms with Crippen molar-refractivity contribution in [1.82, 2.24) is 9.78 Å². The molecular weight excluding hydrogens is 306 g/mol. The number of carboxylic acids is 1. The summed E-state index contributed by atoms with van der Waals surface area (Å²) in [5, 5.41) is 12.7. The van der Waals surface area contributed by atoms with E-state index in [1.165, 1.54) is 6.07 Å². The van der Waals surface area contributed by atoms with Gasteiger partial charge >= 0.3 is 5.97 Å². The lowest BCUT2D eigenvalue weighted by molar-refractivity contribution is -0.137. The van der Waals surface area contributed by atoms with E-state index in [-0.39, 0.29) is 4.90 Å². The summed E-state index contributed by atoms with van der Waals surface area (Å²) in [5.74, 6) is -1.11. The zero-order chi connectivity index (χ0) is 14.8. The monoisotopic (exact) mass is 315 g/mol. The van der Waals surface area contributed by atoms with Crippen molar-refractivity contribution in [3.05, 3.63) is 41.7 Å². The van der Waals surface area contributed by atoms with Crippen LogP contribution >= 0.6 is 11.6 Å². The number of anilines is 1. The Balaban J connectivity index is 2.22. The second kappa shape index (κ2) is 5.51. The van der Waals surface area contributed by atoms with Gasteiger partial charge < -0.3 is 5.11 Å². The molecule has 2 rings (SSSR count). The number of carboxylic acid groups (broad SMARTS) is 1. The number of rotatable bonds is 5. The van der Waals surface area contributed by atoms with Crippen LogP contribution in [-0.2, 0) is 21.4 Å². The molecule has 9 heteroatoms. The molecule has 0 atom stereocenters. The second-order valence-electron chi connectivity index (χ2n) is 3.88. The van der Waals surface area contributed by atoms with Crippen molar-refractivity contribution in [1.29, 1.82) is 0 Å². The summed E-state index contributed by atoms with van der Waals surface area (Å²) < 4.78 is 27.5. The molecule has 0 radical (unpaired) electrons. The Bertz CT molecular complexity index is 742. The molecule has 20 heavy (non-hydrogen) atoms. The van der Waals surface area contributed by atoms with Gasteiger partial charge in [-0.3, -0.25) is 14.2 Å². The predicted octanol–water partition coefficient (Wildman–Crippen LogP) is 1.42. The number of sulfonamides is 1. The first-order valence-corrected chi connectivity index (χ1v) is 7.25. The molecule has 0 fully saturated rings. The largest absolute Gasteiger partial charge is 0.480 e. The number of nitrogens with one attached hydrogen (secondary N) is 1. The van der Waals surface area contributed by atoms with Gasteiger partial charge in [0.05, 0.1) is 11.9 Å². The second-order valence-corrected chi connectivity index (χ2v) is 6.00. The molecule has 0 spiro atoms. The zero-order valence-electron chi connectivity index (χ0n) is 10.0. The van der Waals surface area contributed by atoms with E-state index in [0.717, 1.165) is 17.1 Å². The number of carbonyl (C=O) groups is 1. The molecule has 1 aromatic carbocycles. The molecule has 1 aromatic heterocycles. The lowest BCUT2D eigenvalue weighted by atomic mass is 10.3. The van der Waals surface area contributed by atoms with E-state index in [1.807, 2.05) is 0 Å². The Labute approximate surface area is 119 Å². The van der Waals surface area contributed by atoms with Gasteiger partial charge in [0.25, 0.3) is 10.0 Å². The number of benzene rings is 1. The van der Waals surface area contributed by atoms with Crippen molar-refractivity contribution < 1.29 is 18.3 Å². The first kappa shape index (κ1) is 14.4. The highest BCUT2D eigenvalue weighted by Gasteiger charge is 2.17. The molecule has 0 saturated heterocycles. The first-order chi connectivity index (χ1) is 9.37. The Hall–Kier alpha value is -2.06. The third-order valence-corrected chi connectivity index (χ3v) is 3.86. The van der Waals surface area contributed by atoms with Crippen LogP contribution in [-0.4, -0.2) is 29.3 Å². The number of hydrogen-bond donors (Lipinski definition) is 2. The standard InChI is InChI=1S/C11H10ClN3O4S/c12-8-2-1-3-9(4-8)14-20(18,19)10-5-13-15(6-10)7-11(16)17/h1-6,14H,7H2,(H,16,17). The van der Waals surface area contributed by atoms with E-state index in [0.29, 0.717) is 10.7 Å². The maximum Gasteiger partial charge on any atom is 0.325 e. The summed E-state index contributed by atoms with van der Waals surface area (Å²) in [6.45, 7) is -0.410. The first-order valence-electron chi connectivity index (χ1n) is 5.39. The molecule has 2 N–H and O–H groups in total.